The largest absolute Gasteiger partial charge is 0.314 e. The predicted molar refractivity (Wildman–Crippen MR) is 61.0 cm³/mol. The fourth-order valence-corrected chi connectivity index (χ4v) is 1.98. The van der Waals surface area contributed by atoms with Crippen molar-refractivity contribution in [2.45, 2.75) is 59.9 Å². The summed E-state index contributed by atoms with van der Waals surface area (Å²) in [4.78, 5) is 0. The van der Waals surface area contributed by atoms with Crippen LogP contribution in [0.5, 0.6) is 0 Å². The van der Waals surface area contributed by atoms with Crippen LogP contribution in [0.4, 0.5) is 0 Å². The van der Waals surface area contributed by atoms with Gasteiger partial charge in [-0.15, -0.1) is 0 Å². The molecule has 0 fully saturated rings. The van der Waals surface area contributed by atoms with Crippen molar-refractivity contribution in [3.05, 3.63) is 0 Å². The predicted octanol–water partition coefficient (Wildman–Crippen LogP) is 3.45. The van der Waals surface area contributed by atoms with Crippen LogP contribution in [0.25, 0.3) is 0 Å². The molecule has 1 heteroatoms. The Labute approximate surface area is 84.3 Å². The van der Waals surface area contributed by atoms with Gasteiger partial charge in [0.15, 0.2) is 0 Å². The molecule has 0 bridgehead atoms. The van der Waals surface area contributed by atoms with E-state index in [1.54, 1.807) is 0 Å². The van der Waals surface area contributed by atoms with E-state index in [0.717, 1.165) is 18.4 Å². The lowest BCUT2D eigenvalue weighted by Crippen LogP contribution is -2.28. The van der Waals surface area contributed by atoms with E-state index in [1.807, 2.05) is 0 Å². The van der Waals surface area contributed by atoms with Crippen LogP contribution in [0.3, 0.4) is 0 Å². The Bertz CT molecular complexity index is 110. The molecule has 0 aliphatic heterocycles. The molecule has 0 aromatic rings. The molecule has 0 aromatic carbocycles. The highest BCUT2D eigenvalue weighted by Gasteiger charge is 2.09. The Morgan fingerprint density at radius 1 is 1.00 bits per heavy atom. The second kappa shape index (κ2) is 7.37. The van der Waals surface area contributed by atoms with Crippen LogP contribution in [0, 0.1) is 11.8 Å². The molecule has 13 heavy (non-hydrogen) atoms. The summed E-state index contributed by atoms with van der Waals surface area (Å²) >= 11 is 0. The van der Waals surface area contributed by atoms with E-state index < -0.39 is 0 Å². The van der Waals surface area contributed by atoms with Crippen LogP contribution in [0.1, 0.15) is 53.9 Å². The summed E-state index contributed by atoms with van der Waals surface area (Å²) in [6.07, 6.45) is 3.92. The molecule has 1 nitrogen and oxygen atoms in total. The van der Waals surface area contributed by atoms with Gasteiger partial charge in [0.1, 0.15) is 0 Å². The van der Waals surface area contributed by atoms with E-state index in [-0.39, 0.29) is 0 Å². The van der Waals surface area contributed by atoms with Crippen LogP contribution >= 0.6 is 0 Å². The molecule has 0 aliphatic rings. The van der Waals surface area contributed by atoms with Gasteiger partial charge in [-0.3, -0.25) is 0 Å². The van der Waals surface area contributed by atoms with Crippen LogP contribution in [0.2, 0.25) is 0 Å². The molecule has 80 valence electrons. The third-order valence-corrected chi connectivity index (χ3v) is 2.37. The minimum Gasteiger partial charge on any atom is -0.314 e. The van der Waals surface area contributed by atoms with E-state index >= 15 is 0 Å². The number of hydrogen-bond donors (Lipinski definition) is 1. The Kier molecular flexibility index (Phi) is 7.35. The Hall–Kier alpha value is -0.0400. The first-order chi connectivity index (χ1) is 6.06. The molecule has 0 amide bonds. The fourth-order valence-electron chi connectivity index (χ4n) is 1.98. The van der Waals surface area contributed by atoms with Crippen molar-refractivity contribution in [2.75, 3.05) is 6.54 Å². The molecule has 2 unspecified atom stereocenters. The van der Waals surface area contributed by atoms with Crippen molar-refractivity contribution >= 4 is 0 Å². The van der Waals surface area contributed by atoms with Crippen molar-refractivity contribution in [1.82, 2.24) is 5.32 Å². The maximum Gasteiger partial charge on any atom is 0.00412 e. The summed E-state index contributed by atoms with van der Waals surface area (Å²) in [5, 5.41) is 3.54. The molecule has 0 rings (SSSR count). The molecule has 0 radical (unpaired) electrons. The van der Waals surface area contributed by atoms with Crippen molar-refractivity contribution in [3.63, 3.8) is 0 Å². The first kappa shape index (κ1) is 13.0. The topological polar surface area (TPSA) is 12.0 Å². The summed E-state index contributed by atoms with van der Waals surface area (Å²) < 4.78 is 0. The van der Waals surface area contributed by atoms with E-state index in [0.29, 0.717) is 6.04 Å². The first-order valence-corrected chi connectivity index (χ1v) is 5.79. The molecular weight excluding hydrogens is 158 g/mol. The van der Waals surface area contributed by atoms with Crippen LogP contribution in [-0.4, -0.2) is 12.6 Å². The lowest BCUT2D eigenvalue weighted by atomic mass is 9.93. The second-order valence-corrected chi connectivity index (χ2v) is 4.83. The summed E-state index contributed by atoms with van der Waals surface area (Å²) in [6.45, 7) is 12.7. The van der Waals surface area contributed by atoms with Crippen LogP contribution < -0.4 is 5.32 Å². The minimum atomic E-state index is 0.689. The molecule has 0 aliphatic carbocycles. The molecule has 2 atom stereocenters. The van der Waals surface area contributed by atoms with Gasteiger partial charge in [0.25, 0.3) is 0 Å². The lowest BCUT2D eigenvalue weighted by Gasteiger charge is -2.19. The quantitative estimate of drug-likeness (QED) is 0.640. The van der Waals surface area contributed by atoms with Gasteiger partial charge in [-0.2, -0.15) is 0 Å². The minimum absolute atomic E-state index is 0.689. The van der Waals surface area contributed by atoms with Gasteiger partial charge in [0.2, 0.25) is 0 Å². The van der Waals surface area contributed by atoms with Gasteiger partial charge < -0.3 is 5.32 Å². The first-order valence-electron chi connectivity index (χ1n) is 5.79. The monoisotopic (exact) mass is 185 g/mol. The standard InChI is InChI=1S/C12H27N/c1-6-7-13-12(5)9-11(4)8-10(2)3/h10-13H,6-9H2,1-5H3. The van der Waals surface area contributed by atoms with Crippen LogP contribution in [0.15, 0.2) is 0 Å². The molecular formula is C12H27N. The summed E-state index contributed by atoms with van der Waals surface area (Å²) in [6, 6.07) is 0.689. The summed E-state index contributed by atoms with van der Waals surface area (Å²) in [5.41, 5.74) is 0. The smallest absolute Gasteiger partial charge is 0.00412 e. The highest BCUT2D eigenvalue weighted by atomic mass is 14.9. The Morgan fingerprint density at radius 3 is 2.08 bits per heavy atom. The zero-order valence-corrected chi connectivity index (χ0v) is 10.1. The average molecular weight is 185 g/mol. The summed E-state index contributed by atoms with van der Waals surface area (Å²) in [5.74, 6) is 1.70. The Morgan fingerprint density at radius 2 is 1.62 bits per heavy atom. The molecule has 0 saturated carbocycles. The Balaban J connectivity index is 3.46. The number of hydrogen-bond acceptors (Lipinski definition) is 1. The third-order valence-electron chi connectivity index (χ3n) is 2.37. The molecule has 0 spiro atoms. The van der Waals surface area contributed by atoms with Crippen LogP contribution in [-0.2, 0) is 0 Å². The van der Waals surface area contributed by atoms with Gasteiger partial charge >= 0.3 is 0 Å². The highest BCUT2D eigenvalue weighted by molar-refractivity contribution is 4.65. The van der Waals surface area contributed by atoms with Crippen molar-refractivity contribution in [2.24, 2.45) is 11.8 Å². The van der Waals surface area contributed by atoms with Gasteiger partial charge in [0, 0.05) is 6.04 Å². The maximum atomic E-state index is 3.54. The number of rotatable bonds is 7. The van der Waals surface area contributed by atoms with Gasteiger partial charge in [-0.25, -0.2) is 0 Å². The maximum absolute atomic E-state index is 3.54. The average Bonchev–Trinajstić information content (AvgIpc) is 1.98. The van der Waals surface area contributed by atoms with Crippen molar-refractivity contribution < 1.29 is 0 Å². The molecule has 0 saturated heterocycles. The SMILES string of the molecule is CCCNC(C)CC(C)CC(C)C. The van der Waals surface area contributed by atoms with Gasteiger partial charge in [-0.1, -0.05) is 27.7 Å². The van der Waals surface area contributed by atoms with E-state index in [1.165, 1.54) is 19.3 Å². The second-order valence-electron chi connectivity index (χ2n) is 4.83. The van der Waals surface area contributed by atoms with E-state index in [4.69, 9.17) is 0 Å². The summed E-state index contributed by atoms with van der Waals surface area (Å²) in [7, 11) is 0. The zero-order valence-electron chi connectivity index (χ0n) is 10.1. The fraction of sp³-hybridized carbons (Fsp3) is 1.00. The van der Waals surface area contributed by atoms with E-state index in [2.05, 4.69) is 39.9 Å². The normalized spacial score (nSPS) is 16.2. The van der Waals surface area contributed by atoms with Gasteiger partial charge in [-0.05, 0) is 44.6 Å². The molecule has 0 aromatic heterocycles. The zero-order chi connectivity index (χ0) is 10.3. The number of nitrogens with one attached hydrogen (secondary N) is 1. The van der Waals surface area contributed by atoms with Crippen molar-refractivity contribution in [1.29, 1.82) is 0 Å². The molecule has 1 N–H and O–H groups in total. The lowest BCUT2D eigenvalue weighted by molar-refractivity contribution is 0.364. The highest BCUT2D eigenvalue weighted by Crippen LogP contribution is 2.16. The van der Waals surface area contributed by atoms with E-state index in [9.17, 15) is 0 Å². The van der Waals surface area contributed by atoms with Crippen molar-refractivity contribution in [3.8, 4) is 0 Å². The molecule has 0 heterocycles. The van der Waals surface area contributed by atoms with Gasteiger partial charge in [0.05, 0.1) is 0 Å². The third kappa shape index (κ3) is 8.29.